The van der Waals surface area contributed by atoms with Gasteiger partial charge in [0.2, 0.25) is 0 Å². The van der Waals surface area contributed by atoms with E-state index in [1.54, 1.807) is 24.3 Å². The molecule has 0 radical (unpaired) electrons. The first-order valence-corrected chi connectivity index (χ1v) is 9.93. The maximum Gasteiger partial charge on any atom is 0.335 e. The van der Waals surface area contributed by atoms with E-state index in [9.17, 15) is 14.4 Å². The molecule has 0 heterocycles. The van der Waals surface area contributed by atoms with Crippen LogP contribution in [-0.4, -0.2) is 36.1 Å². The van der Waals surface area contributed by atoms with Crippen molar-refractivity contribution >= 4 is 17.8 Å². The minimum absolute atomic E-state index is 0.0222. The van der Waals surface area contributed by atoms with Crippen molar-refractivity contribution in [2.45, 2.75) is 52.5 Å². The third-order valence-electron chi connectivity index (χ3n) is 4.44. The van der Waals surface area contributed by atoms with Crippen molar-refractivity contribution in [1.29, 1.82) is 0 Å². The SMILES string of the molecule is CC.COC(=O)C(Cc1ccc(C(=O)O)cc1)NC(=O)c1ccc(C(C)(C)C)cc1. The largest absolute Gasteiger partial charge is 0.478 e. The summed E-state index contributed by atoms with van der Waals surface area (Å²) in [5.74, 6) is -1.97. The molecule has 2 rings (SSSR count). The van der Waals surface area contributed by atoms with Crippen LogP contribution in [-0.2, 0) is 21.4 Å². The minimum atomic E-state index is -1.02. The summed E-state index contributed by atoms with van der Waals surface area (Å²) >= 11 is 0. The van der Waals surface area contributed by atoms with Crippen LogP contribution < -0.4 is 5.32 Å². The van der Waals surface area contributed by atoms with E-state index in [0.717, 1.165) is 5.56 Å². The van der Waals surface area contributed by atoms with Gasteiger partial charge >= 0.3 is 11.9 Å². The number of benzene rings is 2. The first-order valence-electron chi connectivity index (χ1n) is 9.93. The Labute approximate surface area is 178 Å². The monoisotopic (exact) mass is 413 g/mol. The molecule has 0 saturated heterocycles. The highest BCUT2D eigenvalue weighted by Gasteiger charge is 2.23. The van der Waals surface area contributed by atoms with Crippen LogP contribution >= 0.6 is 0 Å². The zero-order chi connectivity index (χ0) is 22.9. The van der Waals surface area contributed by atoms with Gasteiger partial charge in [-0.1, -0.05) is 58.9 Å². The molecule has 162 valence electrons. The van der Waals surface area contributed by atoms with Crippen molar-refractivity contribution in [3.05, 3.63) is 70.8 Å². The van der Waals surface area contributed by atoms with Crippen LogP contribution in [0, 0.1) is 0 Å². The molecule has 6 nitrogen and oxygen atoms in total. The van der Waals surface area contributed by atoms with Gasteiger partial charge in [-0.05, 0) is 40.8 Å². The molecule has 0 saturated carbocycles. The molecule has 0 aliphatic rings. The molecule has 2 aromatic carbocycles. The van der Waals surface area contributed by atoms with Gasteiger partial charge in [0.05, 0.1) is 12.7 Å². The molecule has 0 fully saturated rings. The maximum atomic E-state index is 12.6. The number of hydrogen-bond donors (Lipinski definition) is 2. The molecule has 1 amide bonds. The summed E-state index contributed by atoms with van der Waals surface area (Å²) in [6.07, 6.45) is 0.193. The van der Waals surface area contributed by atoms with Crippen molar-refractivity contribution in [1.82, 2.24) is 5.32 Å². The molecule has 0 aromatic heterocycles. The predicted molar refractivity (Wildman–Crippen MR) is 117 cm³/mol. The number of carboxylic acids is 1. The molecule has 0 bridgehead atoms. The van der Waals surface area contributed by atoms with E-state index in [2.05, 4.69) is 26.1 Å². The summed E-state index contributed by atoms with van der Waals surface area (Å²) in [6, 6.07) is 12.5. The van der Waals surface area contributed by atoms with Crippen molar-refractivity contribution in [3.63, 3.8) is 0 Å². The zero-order valence-electron chi connectivity index (χ0n) is 18.5. The Kier molecular flexibility index (Phi) is 9.24. The minimum Gasteiger partial charge on any atom is -0.478 e. The van der Waals surface area contributed by atoms with E-state index >= 15 is 0 Å². The summed E-state index contributed by atoms with van der Waals surface area (Å²) in [6.45, 7) is 10.3. The Bertz CT molecular complexity index is 849. The van der Waals surface area contributed by atoms with Crippen molar-refractivity contribution < 1.29 is 24.2 Å². The highest BCUT2D eigenvalue weighted by atomic mass is 16.5. The molecule has 2 aromatic rings. The molecular formula is C24H31NO5. The van der Waals surface area contributed by atoms with Gasteiger partial charge in [-0.3, -0.25) is 4.79 Å². The molecule has 30 heavy (non-hydrogen) atoms. The Balaban J connectivity index is 0.00000218. The van der Waals surface area contributed by atoms with Crippen molar-refractivity contribution in [3.8, 4) is 0 Å². The number of carbonyl (C=O) groups excluding carboxylic acids is 2. The van der Waals surface area contributed by atoms with E-state index in [4.69, 9.17) is 9.84 Å². The van der Waals surface area contributed by atoms with E-state index in [1.807, 2.05) is 26.0 Å². The molecular weight excluding hydrogens is 382 g/mol. The number of hydrogen-bond acceptors (Lipinski definition) is 4. The summed E-state index contributed by atoms with van der Waals surface area (Å²) < 4.78 is 4.80. The topological polar surface area (TPSA) is 92.7 Å². The van der Waals surface area contributed by atoms with Crippen LogP contribution in [0.25, 0.3) is 0 Å². The quantitative estimate of drug-likeness (QED) is 0.692. The van der Waals surface area contributed by atoms with Gasteiger partial charge in [-0.15, -0.1) is 0 Å². The number of nitrogens with one attached hydrogen (secondary N) is 1. The number of ether oxygens (including phenoxy) is 1. The molecule has 1 unspecified atom stereocenters. The zero-order valence-corrected chi connectivity index (χ0v) is 18.5. The molecule has 1 atom stereocenters. The van der Waals surface area contributed by atoms with E-state index < -0.39 is 18.0 Å². The van der Waals surface area contributed by atoms with Gasteiger partial charge in [0, 0.05) is 12.0 Å². The molecule has 0 aliphatic heterocycles. The number of methoxy groups -OCH3 is 1. The lowest BCUT2D eigenvalue weighted by molar-refractivity contribution is -0.142. The Hall–Kier alpha value is -3.15. The lowest BCUT2D eigenvalue weighted by Gasteiger charge is -2.20. The molecule has 0 spiro atoms. The van der Waals surface area contributed by atoms with Gasteiger partial charge in [0.1, 0.15) is 6.04 Å². The van der Waals surface area contributed by atoms with Crippen LogP contribution in [0.1, 0.15) is 66.5 Å². The smallest absolute Gasteiger partial charge is 0.335 e. The second-order valence-electron chi connectivity index (χ2n) is 7.58. The third kappa shape index (κ3) is 7.03. The van der Waals surface area contributed by atoms with Crippen LogP contribution in [0.4, 0.5) is 0 Å². The van der Waals surface area contributed by atoms with Gasteiger partial charge in [-0.2, -0.15) is 0 Å². The highest BCUT2D eigenvalue weighted by molar-refractivity contribution is 5.97. The summed E-state index contributed by atoms with van der Waals surface area (Å²) in [7, 11) is 1.26. The van der Waals surface area contributed by atoms with Crippen LogP contribution in [0.5, 0.6) is 0 Å². The van der Waals surface area contributed by atoms with Gasteiger partial charge in [0.25, 0.3) is 5.91 Å². The number of rotatable bonds is 6. The summed E-state index contributed by atoms with van der Waals surface area (Å²) in [5, 5.41) is 11.7. The fraction of sp³-hybridized carbons (Fsp3) is 0.375. The molecule has 6 heteroatoms. The fourth-order valence-electron chi connectivity index (χ4n) is 2.72. The van der Waals surface area contributed by atoms with Crippen molar-refractivity contribution in [2.24, 2.45) is 0 Å². The first kappa shape index (κ1) is 24.9. The normalized spacial score (nSPS) is 11.5. The number of esters is 1. The first-order chi connectivity index (χ1) is 14.1. The predicted octanol–water partition coefficient (Wildman–Crippen LogP) is 4.22. The van der Waals surface area contributed by atoms with Gasteiger partial charge in [-0.25, -0.2) is 9.59 Å². The maximum absolute atomic E-state index is 12.6. The fourth-order valence-corrected chi connectivity index (χ4v) is 2.72. The molecule has 0 aliphatic carbocycles. The average Bonchev–Trinajstić information content (AvgIpc) is 2.74. The highest BCUT2D eigenvalue weighted by Crippen LogP contribution is 2.22. The Morgan fingerprint density at radius 3 is 1.87 bits per heavy atom. The van der Waals surface area contributed by atoms with Crippen LogP contribution in [0.2, 0.25) is 0 Å². The average molecular weight is 414 g/mol. The second kappa shape index (κ2) is 11.1. The number of amides is 1. The van der Waals surface area contributed by atoms with Crippen molar-refractivity contribution in [2.75, 3.05) is 7.11 Å². The second-order valence-corrected chi connectivity index (χ2v) is 7.58. The third-order valence-corrected chi connectivity index (χ3v) is 4.44. The lowest BCUT2D eigenvalue weighted by atomic mass is 9.86. The number of aromatic carboxylic acids is 1. The van der Waals surface area contributed by atoms with Crippen LogP contribution in [0.15, 0.2) is 48.5 Å². The summed E-state index contributed by atoms with van der Waals surface area (Å²) in [5.41, 5.74) is 2.39. The van der Waals surface area contributed by atoms with Crippen LogP contribution in [0.3, 0.4) is 0 Å². The van der Waals surface area contributed by atoms with Gasteiger partial charge in [0.15, 0.2) is 0 Å². The number of carbonyl (C=O) groups is 3. The Morgan fingerprint density at radius 1 is 0.933 bits per heavy atom. The molecule has 2 N–H and O–H groups in total. The lowest BCUT2D eigenvalue weighted by Crippen LogP contribution is -2.43. The Morgan fingerprint density at radius 2 is 1.43 bits per heavy atom. The standard InChI is InChI=1S/C22H25NO5.C2H6/c1-22(2,3)17-11-9-15(10-12-17)19(24)23-18(21(27)28-4)13-14-5-7-16(8-6-14)20(25)26;1-2/h5-12,18H,13H2,1-4H3,(H,23,24)(H,25,26);1-2H3. The van der Waals surface area contributed by atoms with E-state index in [0.29, 0.717) is 11.1 Å². The van der Waals surface area contributed by atoms with Gasteiger partial charge < -0.3 is 15.2 Å². The van der Waals surface area contributed by atoms with E-state index in [-0.39, 0.29) is 23.3 Å². The summed E-state index contributed by atoms with van der Waals surface area (Å²) in [4.78, 5) is 35.6. The number of carboxylic acid groups (broad SMARTS) is 1. The van der Waals surface area contributed by atoms with E-state index in [1.165, 1.54) is 19.2 Å².